The minimum absolute atomic E-state index is 0.0974. The highest BCUT2D eigenvalue weighted by molar-refractivity contribution is 7.99. The fourth-order valence-corrected chi connectivity index (χ4v) is 2.86. The maximum atomic E-state index is 12.9. The third kappa shape index (κ3) is 5.32. The van der Waals surface area contributed by atoms with Crippen LogP contribution in [0.5, 0.6) is 0 Å². The maximum absolute atomic E-state index is 12.9. The highest BCUT2D eigenvalue weighted by Crippen LogP contribution is 2.34. The number of amides is 1. The van der Waals surface area contributed by atoms with Crippen molar-refractivity contribution in [2.24, 2.45) is 0 Å². The molecule has 0 radical (unpaired) electrons. The third-order valence-corrected chi connectivity index (χ3v) is 4.09. The van der Waals surface area contributed by atoms with Crippen molar-refractivity contribution in [1.29, 1.82) is 0 Å². The zero-order valence-corrected chi connectivity index (χ0v) is 13.3. The van der Waals surface area contributed by atoms with Gasteiger partial charge in [-0.05, 0) is 24.6 Å². The molecule has 0 fully saturated rings. The Labute approximate surface area is 137 Å². The summed E-state index contributed by atoms with van der Waals surface area (Å²) in [6.07, 6.45) is -4.49. The Kier molecular flexibility index (Phi) is 5.71. The van der Waals surface area contributed by atoms with Crippen LogP contribution in [0.3, 0.4) is 0 Å². The molecule has 0 atom stereocenters. The fourth-order valence-electron chi connectivity index (χ4n) is 2.09. The topological polar surface area (TPSA) is 29.1 Å². The first-order chi connectivity index (χ1) is 10.9. The predicted octanol–water partition coefficient (Wildman–Crippen LogP) is 4.89. The molecule has 2 rings (SSSR count). The Morgan fingerprint density at radius 1 is 1.13 bits per heavy atom. The largest absolute Gasteiger partial charge is 0.418 e. The van der Waals surface area contributed by atoms with Crippen LogP contribution >= 0.6 is 11.8 Å². The van der Waals surface area contributed by atoms with Crippen molar-refractivity contribution in [1.82, 2.24) is 0 Å². The second-order valence-electron chi connectivity index (χ2n) is 5.07. The van der Waals surface area contributed by atoms with Crippen LogP contribution in [0, 0.1) is 6.92 Å². The summed E-state index contributed by atoms with van der Waals surface area (Å²) in [5.41, 5.74) is 1.17. The first kappa shape index (κ1) is 17.4. The Morgan fingerprint density at radius 3 is 2.57 bits per heavy atom. The predicted molar refractivity (Wildman–Crippen MR) is 87.4 cm³/mol. The van der Waals surface area contributed by atoms with Gasteiger partial charge in [0.1, 0.15) is 0 Å². The monoisotopic (exact) mass is 339 g/mol. The van der Waals surface area contributed by atoms with Gasteiger partial charge in [-0.25, -0.2) is 0 Å². The van der Waals surface area contributed by atoms with Gasteiger partial charge in [0.2, 0.25) is 5.91 Å². The van der Waals surface area contributed by atoms with Gasteiger partial charge in [0, 0.05) is 5.75 Å². The molecule has 2 nitrogen and oxygen atoms in total. The van der Waals surface area contributed by atoms with Crippen molar-refractivity contribution in [3.8, 4) is 0 Å². The molecule has 2 aromatic carbocycles. The van der Waals surface area contributed by atoms with Crippen LogP contribution in [0.25, 0.3) is 0 Å². The van der Waals surface area contributed by atoms with E-state index >= 15 is 0 Å². The minimum atomic E-state index is -4.49. The standard InChI is InChI=1S/C17H16F3NOS/c1-12-5-4-6-13(9-12)10-23-11-16(22)21-15-8-3-2-7-14(15)17(18,19)20/h2-9H,10-11H2,1H3,(H,21,22). The van der Waals surface area contributed by atoms with Crippen LogP contribution in [-0.4, -0.2) is 11.7 Å². The lowest BCUT2D eigenvalue weighted by molar-refractivity contribution is -0.137. The number of aryl methyl sites for hydroxylation is 1. The summed E-state index contributed by atoms with van der Waals surface area (Å²) in [5, 5.41) is 2.33. The molecule has 6 heteroatoms. The Bertz CT molecular complexity index is 686. The van der Waals surface area contributed by atoms with Crippen molar-refractivity contribution in [3.63, 3.8) is 0 Å². The average Bonchev–Trinajstić information content (AvgIpc) is 2.47. The van der Waals surface area contributed by atoms with E-state index < -0.39 is 17.6 Å². The van der Waals surface area contributed by atoms with E-state index in [-0.39, 0.29) is 11.4 Å². The zero-order chi connectivity index (χ0) is 16.9. The van der Waals surface area contributed by atoms with Crippen molar-refractivity contribution < 1.29 is 18.0 Å². The van der Waals surface area contributed by atoms with Gasteiger partial charge >= 0.3 is 6.18 Å². The van der Waals surface area contributed by atoms with Crippen molar-refractivity contribution in [2.45, 2.75) is 18.9 Å². The molecule has 0 heterocycles. The molecule has 1 amide bonds. The molecule has 23 heavy (non-hydrogen) atoms. The second kappa shape index (κ2) is 7.55. The van der Waals surface area contributed by atoms with Gasteiger partial charge in [-0.3, -0.25) is 4.79 Å². The van der Waals surface area contributed by atoms with Crippen LogP contribution in [0.2, 0.25) is 0 Å². The van der Waals surface area contributed by atoms with E-state index in [0.717, 1.165) is 17.2 Å². The molecule has 1 N–H and O–H groups in total. The number of alkyl halides is 3. The normalized spacial score (nSPS) is 11.3. The summed E-state index contributed by atoms with van der Waals surface area (Å²) in [4.78, 5) is 11.8. The summed E-state index contributed by atoms with van der Waals surface area (Å²) in [5.74, 6) is 0.287. The van der Waals surface area contributed by atoms with E-state index in [1.54, 1.807) is 0 Å². The fraction of sp³-hybridized carbons (Fsp3) is 0.235. The number of benzene rings is 2. The summed E-state index contributed by atoms with van der Waals surface area (Å²) in [6, 6.07) is 12.9. The Morgan fingerprint density at radius 2 is 1.87 bits per heavy atom. The molecule has 0 saturated carbocycles. The van der Waals surface area contributed by atoms with Gasteiger partial charge in [0.25, 0.3) is 0 Å². The number of thioether (sulfide) groups is 1. The molecule has 122 valence electrons. The molecule has 0 aliphatic rings. The molecular weight excluding hydrogens is 323 g/mol. The molecule has 2 aromatic rings. The summed E-state index contributed by atoms with van der Waals surface area (Å²) in [6.45, 7) is 1.98. The highest BCUT2D eigenvalue weighted by atomic mass is 32.2. The van der Waals surface area contributed by atoms with E-state index in [4.69, 9.17) is 0 Å². The number of rotatable bonds is 5. The number of anilines is 1. The molecule has 0 saturated heterocycles. The van der Waals surface area contributed by atoms with Crippen molar-refractivity contribution >= 4 is 23.4 Å². The molecule has 0 aliphatic carbocycles. The number of carbonyl (C=O) groups excluding carboxylic acids is 1. The van der Waals surface area contributed by atoms with Gasteiger partial charge in [-0.15, -0.1) is 11.8 Å². The van der Waals surface area contributed by atoms with E-state index in [1.807, 2.05) is 31.2 Å². The van der Waals surface area contributed by atoms with Crippen LogP contribution < -0.4 is 5.32 Å². The zero-order valence-electron chi connectivity index (χ0n) is 12.5. The second-order valence-corrected chi connectivity index (χ2v) is 6.06. The SMILES string of the molecule is Cc1cccc(CSCC(=O)Nc2ccccc2C(F)(F)F)c1. The number of carbonyl (C=O) groups is 1. The average molecular weight is 339 g/mol. The smallest absolute Gasteiger partial charge is 0.325 e. The molecule has 0 unspecified atom stereocenters. The van der Waals surface area contributed by atoms with Crippen LogP contribution in [0.1, 0.15) is 16.7 Å². The van der Waals surface area contributed by atoms with Crippen LogP contribution in [0.15, 0.2) is 48.5 Å². The van der Waals surface area contributed by atoms with E-state index in [2.05, 4.69) is 5.32 Å². The Hall–Kier alpha value is -1.95. The number of halogens is 3. The maximum Gasteiger partial charge on any atom is 0.418 e. The number of hydrogen-bond donors (Lipinski definition) is 1. The van der Waals surface area contributed by atoms with Crippen LogP contribution in [-0.2, 0) is 16.7 Å². The van der Waals surface area contributed by atoms with E-state index in [9.17, 15) is 18.0 Å². The summed E-state index contributed by atoms with van der Waals surface area (Å²) >= 11 is 1.36. The number of nitrogens with one attached hydrogen (secondary N) is 1. The van der Waals surface area contributed by atoms with E-state index in [0.29, 0.717) is 5.75 Å². The first-order valence-corrected chi connectivity index (χ1v) is 8.11. The van der Waals surface area contributed by atoms with Gasteiger partial charge in [-0.1, -0.05) is 42.0 Å². The first-order valence-electron chi connectivity index (χ1n) is 6.95. The van der Waals surface area contributed by atoms with Gasteiger partial charge in [0.15, 0.2) is 0 Å². The lowest BCUT2D eigenvalue weighted by Crippen LogP contribution is -2.18. The third-order valence-electron chi connectivity index (χ3n) is 3.09. The summed E-state index contributed by atoms with van der Waals surface area (Å²) in [7, 11) is 0. The lowest BCUT2D eigenvalue weighted by Gasteiger charge is -2.13. The number of hydrogen-bond acceptors (Lipinski definition) is 2. The van der Waals surface area contributed by atoms with Crippen molar-refractivity contribution in [3.05, 3.63) is 65.2 Å². The minimum Gasteiger partial charge on any atom is -0.325 e. The molecule has 0 aromatic heterocycles. The van der Waals surface area contributed by atoms with Crippen LogP contribution in [0.4, 0.5) is 18.9 Å². The summed E-state index contributed by atoms with van der Waals surface area (Å²) < 4.78 is 38.6. The van der Waals surface area contributed by atoms with Gasteiger partial charge in [-0.2, -0.15) is 13.2 Å². The molecular formula is C17H16F3NOS. The highest BCUT2D eigenvalue weighted by Gasteiger charge is 2.33. The molecule has 0 bridgehead atoms. The Balaban J connectivity index is 1.91. The molecule has 0 aliphatic heterocycles. The van der Waals surface area contributed by atoms with E-state index in [1.165, 1.54) is 30.0 Å². The van der Waals surface area contributed by atoms with Gasteiger partial charge < -0.3 is 5.32 Å². The van der Waals surface area contributed by atoms with Gasteiger partial charge in [0.05, 0.1) is 17.0 Å². The number of para-hydroxylation sites is 1. The quantitative estimate of drug-likeness (QED) is 0.841. The molecule has 0 spiro atoms. The van der Waals surface area contributed by atoms with Crippen molar-refractivity contribution in [2.75, 3.05) is 11.1 Å². The lowest BCUT2D eigenvalue weighted by atomic mass is 10.1.